The third kappa shape index (κ3) is 2.30. The van der Waals surface area contributed by atoms with Crippen molar-refractivity contribution in [2.75, 3.05) is 6.54 Å². The Bertz CT molecular complexity index is 302. The van der Waals surface area contributed by atoms with Gasteiger partial charge in [0.05, 0.1) is 0 Å². The summed E-state index contributed by atoms with van der Waals surface area (Å²) in [7, 11) is 0. The number of nitrogens with one attached hydrogen (secondary N) is 1. The first kappa shape index (κ1) is 11.7. The van der Waals surface area contributed by atoms with Crippen LogP contribution in [0.2, 0.25) is 0 Å². The summed E-state index contributed by atoms with van der Waals surface area (Å²) in [5.74, 6) is 1.71. The summed E-state index contributed by atoms with van der Waals surface area (Å²) >= 11 is 0. The van der Waals surface area contributed by atoms with Gasteiger partial charge in [0.15, 0.2) is 0 Å². The second-order valence-electron chi connectivity index (χ2n) is 4.87. The minimum atomic E-state index is 0.589. The topological polar surface area (TPSA) is 12.0 Å². The number of rotatable bonds is 4. The summed E-state index contributed by atoms with van der Waals surface area (Å²) in [5, 5.41) is 3.67. The Morgan fingerprint density at radius 2 is 1.88 bits per heavy atom. The fraction of sp³-hybridized carbons (Fsp3) is 0.600. The lowest BCUT2D eigenvalue weighted by Gasteiger charge is -2.27. The van der Waals surface area contributed by atoms with Gasteiger partial charge in [-0.3, -0.25) is 0 Å². The monoisotopic (exact) mass is 217 g/mol. The number of benzene rings is 1. The Labute approximate surface area is 99.3 Å². The van der Waals surface area contributed by atoms with Crippen molar-refractivity contribution in [3.8, 4) is 0 Å². The Morgan fingerprint density at radius 1 is 1.19 bits per heavy atom. The number of hydrogen-bond donors (Lipinski definition) is 1. The molecule has 1 heteroatoms. The van der Waals surface area contributed by atoms with E-state index in [0.717, 1.165) is 11.8 Å². The maximum atomic E-state index is 3.67. The van der Waals surface area contributed by atoms with Crippen molar-refractivity contribution < 1.29 is 0 Å². The lowest BCUT2D eigenvalue weighted by molar-refractivity contribution is 0.285. The lowest BCUT2D eigenvalue weighted by atomic mass is 9.80. The fourth-order valence-electron chi connectivity index (χ4n) is 3.15. The molecule has 1 aromatic rings. The zero-order valence-electron chi connectivity index (χ0n) is 10.4. The minimum Gasteiger partial charge on any atom is -0.310 e. The molecular weight excluding hydrogens is 194 g/mol. The van der Waals surface area contributed by atoms with Crippen LogP contribution in [0.15, 0.2) is 30.3 Å². The molecule has 0 radical (unpaired) electrons. The van der Waals surface area contributed by atoms with E-state index in [-0.39, 0.29) is 0 Å². The molecule has 2 rings (SSSR count). The zero-order chi connectivity index (χ0) is 11.4. The summed E-state index contributed by atoms with van der Waals surface area (Å²) in [4.78, 5) is 0. The van der Waals surface area contributed by atoms with Gasteiger partial charge < -0.3 is 5.32 Å². The molecule has 2 unspecified atom stereocenters. The molecular formula is C15H23N. The highest BCUT2D eigenvalue weighted by Crippen LogP contribution is 2.37. The molecule has 1 aliphatic rings. The van der Waals surface area contributed by atoms with Crippen LogP contribution in [-0.2, 0) is 0 Å². The zero-order valence-corrected chi connectivity index (χ0v) is 10.4. The van der Waals surface area contributed by atoms with Gasteiger partial charge in [0, 0.05) is 6.04 Å². The second-order valence-corrected chi connectivity index (χ2v) is 4.87. The van der Waals surface area contributed by atoms with Gasteiger partial charge in [-0.2, -0.15) is 0 Å². The van der Waals surface area contributed by atoms with E-state index >= 15 is 0 Å². The van der Waals surface area contributed by atoms with Gasteiger partial charge in [-0.05, 0) is 30.4 Å². The molecule has 88 valence electrons. The van der Waals surface area contributed by atoms with Crippen LogP contribution in [0.5, 0.6) is 0 Å². The van der Waals surface area contributed by atoms with E-state index in [4.69, 9.17) is 0 Å². The Balaban J connectivity index is 2.15. The van der Waals surface area contributed by atoms with Gasteiger partial charge in [0.1, 0.15) is 0 Å². The highest BCUT2D eigenvalue weighted by atomic mass is 15.0. The molecule has 0 amide bonds. The third-order valence-corrected chi connectivity index (χ3v) is 4.08. The first-order valence-corrected chi connectivity index (χ1v) is 6.65. The molecule has 0 aromatic heterocycles. The lowest BCUT2D eigenvalue weighted by Crippen LogP contribution is -2.22. The molecule has 1 nitrogen and oxygen atoms in total. The average molecular weight is 217 g/mol. The van der Waals surface area contributed by atoms with Crippen molar-refractivity contribution >= 4 is 0 Å². The molecule has 0 saturated carbocycles. The molecule has 0 bridgehead atoms. The van der Waals surface area contributed by atoms with E-state index in [2.05, 4.69) is 49.5 Å². The molecule has 1 heterocycles. The normalized spacial score (nSPS) is 25.2. The average Bonchev–Trinajstić information content (AvgIpc) is 2.81. The molecule has 1 fully saturated rings. The van der Waals surface area contributed by atoms with Crippen molar-refractivity contribution in [1.29, 1.82) is 0 Å². The SMILES string of the molecule is CCC(CC)C1CCNC1c1ccccc1. The summed E-state index contributed by atoms with van der Waals surface area (Å²) in [6.45, 7) is 5.84. The van der Waals surface area contributed by atoms with Gasteiger partial charge in [-0.25, -0.2) is 0 Å². The molecule has 0 spiro atoms. The fourth-order valence-corrected chi connectivity index (χ4v) is 3.15. The van der Waals surface area contributed by atoms with E-state index in [1.54, 1.807) is 0 Å². The van der Waals surface area contributed by atoms with Crippen LogP contribution >= 0.6 is 0 Å². The van der Waals surface area contributed by atoms with Crippen molar-refractivity contribution in [2.24, 2.45) is 11.8 Å². The minimum absolute atomic E-state index is 0.589. The largest absolute Gasteiger partial charge is 0.310 e. The van der Waals surface area contributed by atoms with Crippen molar-refractivity contribution in [3.05, 3.63) is 35.9 Å². The van der Waals surface area contributed by atoms with E-state index < -0.39 is 0 Å². The predicted octanol–water partition coefficient (Wildman–Crippen LogP) is 3.77. The highest BCUT2D eigenvalue weighted by molar-refractivity contribution is 5.21. The van der Waals surface area contributed by atoms with Crippen LogP contribution in [0.25, 0.3) is 0 Å². The van der Waals surface area contributed by atoms with E-state index in [1.807, 2.05) is 0 Å². The second kappa shape index (κ2) is 5.49. The van der Waals surface area contributed by atoms with Gasteiger partial charge >= 0.3 is 0 Å². The maximum Gasteiger partial charge on any atom is 0.0351 e. The quantitative estimate of drug-likeness (QED) is 0.809. The van der Waals surface area contributed by atoms with E-state index in [0.29, 0.717) is 6.04 Å². The highest BCUT2D eigenvalue weighted by Gasteiger charge is 2.32. The number of hydrogen-bond acceptors (Lipinski definition) is 1. The van der Waals surface area contributed by atoms with Crippen LogP contribution in [0.3, 0.4) is 0 Å². The standard InChI is InChI=1S/C15H23N/c1-3-12(4-2)14-10-11-16-15(14)13-8-6-5-7-9-13/h5-9,12,14-16H,3-4,10-11H2,1-2H3. The van der Waals surface area contributed by atoms with Crippen LogP contribution in [0.4, 0.5) is 0 Å². The van der Waals surface area contributed by atoms with E-state index in [1.165, 1.54) is 31.4 Å². The summed E-state index contributed by atoms with van der Waals surface area (Å²) in [5.41, 5.74) is 1.47. The summed E-state index contributed by atoms with van der Waals surface area (Å²) in [6.07, 6.45) is 3.96. The van der Waals surface area contributed by atoms with Gasteiger partial charge in [-0.15, -0.1) is 0 Å². The summed E-state index contributed by atoms with van der Waals surface area (Å²) < 4.78 is 0. The molecule has 1 saturated heterocycles. The molecule has 1 N–H and O–H groups in total. The first-order chi connectivity index (χ1) is 7.86. The summed E-state index contributed by atoms with van der Waals surface area (Å²) in [6, 6.07) is 11.5. The van der Waals surface area contributed by atoms with Crippen molar-refractivity contribution in [1.82, 2.24) is 5.32 Å². The predicted molar refractivity (Wildman–Crippen MR) is 69.4 cm³/mol. The first-order valence-electron chi connectivity index (χ1n) is 6.65. The van der Waals surface area contributed by atoms with Gasteiger partial charge in [-0.1, -0.05) is 57.0 Å². The van der Waals surface area contributed by atoms with E-state index in [9.17, 15) is 0 Å². The van der Waals surface area contributed by atoms with Gasteiger partial charge in [0.25, 0.3) is 0 Å². The Morgan fingerprint density at radius 3 is 2.50 bits per heavy atom. The molecule has 1 aromatic carbocycles. The molecule has 2 atom stereocenters. The van der Waals surface area contributed by atoms with Crippen LogP contribution in [-0.4, -0.2) is 6.54 Å². The van der Waals surface area contributed by atoms with Crippen LogP contribution in [0, 0.1) is 11.8 Å². The van der Waals surface area contributed by atoms with Crippen molar-refractivity contribution in [2.45, 2.75) is 39.2 Å². The molecule has 16 heavy (non-hydrogen) atoms. The Kier molecular flexibility index (Phi) is 4.00. The van der Waals surface area contributed by atoms with Crippen LogP contribution < -0.4 is 5.32 Å². The molecule has 1 aliphatic heterocycles. The maximum absolute atomic E-state index is 3.67. The Hall–Kier alpha value is -0.820. The van der Waals surface area contributed by atoms with Crippen molar-refractivity contribution in [3.63, 3.8) is 0 Å². The third-order valence-electron chi connectivity index (χ3n) is 4.08. The smallest absolute Gasteiger partial charge is 0.0351 e. The van der Waals surface area contributed by atoms with Gasteiger partial charge in [0.2, 0.25) is 0 Å². The molecule has 0 aliphatic carbocycles. The van der Waals surface area contributed by atoms with Crippen LogP contribution in [0.1, 0.15) is 44.7 Å².